The van der Waals surface area contributed by atoms with E-state index in [0.717, 1.165) is 38.9 Å². The molecule has 0 bridgehead atoms. The second kappa shape index (κ2) is 10.0. The summed E-state index contributed by atoms with van der Waals surface area (Å²) in [6.45, 7) is 2.84. The fraction of sp³-hybridized carbons (Fsp3) is 0.227. The van der Waals surface area contributed by atoms with Crippen LogP contribution in [0.3, 0.4) is 0 Å². The number of halogens is 1. The maximum absolute atomic E-state index is 11.0. The summed E-state index contributed by atoms with van der Waals surface area (Å²) in [4.78, 5) is 20.3. The molecule has 3 aromatic rings. The Hall–Kier alpha value is -2.93. The molecule has 2 aromatic carbocycles. The number of benzene rings is 2. The molecule has 2 N–H and O–H groups in total. The Morgan fingerprint density at radius 2 is 1.90 bits per heavy atom. The van der Waals surface area contributed by atoms with E-state index in [1.807, 2.05) is 54.6 Å². The number of amides is 1. The zero-order valence-corrected chi connectivity index (χ0v) is 18.0. The normalized spacial score (nSPS) is 11.0. The fourth-order valence-electron chi connectivity index (χ4n) is 2.77. The highest BCUT2D eigenvalue weighted by atomic mass is 79.9. The minimum Gasteiger partial charge on any atom is -0.497 e. The number of ether oxygens (including phenoxy) is 1. The van der Waals surface area contributed by atoms with Gasteiger partial charge in [-0.05, 0) is 48.4 Å². The molecule has 0 fully saturated rings. The third kappa shape index (κ3) is 6.02. The molecule has 0 spiro atoms. The number of nitrogens with zero attached hydrogens (tertiary/aromatic N) is 2. The summed E-state index contributed by atoms with van der Waals surface area (Å²) in [5, 5.41) is 7.11. The van der Waals surface area contributed by atoms with Gasteiger partial charge in [0.05, 0.1) is 12.6 Å². The molecule has 7 heteroatoms. The summed E-state index contributed by atoms with van der Waals surface area (Å²) in [7, 11) is 1.65. The van der Waals surface area contributed by atoms with Crippen LogP contribution in [0.2, 0.25) is 0 Å². The van der Waals surface area contributed by atoms with Crippen LogP contribution in [0, 0.1) is 0 Å². The van der Waals surface area contributed by atoms with Crippen molar-refractivity contribution in [1.29, 1.82) is 0 Å². The van der Waals surface area contributed by atoms with E-state index in [4.69, 9.17) is 4.74 Å². The standard InChI is InChI=1S/C22H23BrN4O2/c1-15(28)24-12-3-13-25-22-19-14-17(23)7-10-20(19)26-21(27-22)11-6-16-4-8-18(29-2)9-5-16/h4-11,14H,3,12-13H2,1-2H3,(H,24,28)(H,25,26,27). The quantitative estimate of drug-likeness (QED) is 0.489. The fourth-order valence-corrected chi connectivity index (χ4v) is 3.13. The van der Waals surface area contributed by atoms with E-state index in [2.05, 4.69) is 36.5 Å². The van der Waals surface area contributed by atoms with Gasteiger partial charge in [0.25, 0.3) is 0 Å². The van der Waals surface area contributed by atoms with Crippen molar-refractivity contribution in [2.45, 2.75) is 13.3 Å². The van der Waals surface area contributed by atoms with Crippen molar-refractivity contribution in [1.82, 2.24) is 15.3 Å². The summed E-state index contributed by atoms with van der Waals surface area (Å²) >= 11 is 3.51. The molecule has 0 unspecified atom stereocenters. The van der Waals surface area contributed by atoms with Crippen molar-refractivity contribution in [3.63, 3.8) is 0 Å². The first-order valence-electron chi connectivity index (χ1n) is 9.33. The summed E-state index contributed by atoms with van der Waals surface area (Å²) in [6.07, 6.45) is 4.67. The molecule has 0 saturated carbocycles. The number of carbonyl (C=O) groups excluding carboxylic acids is 1. The molecule has 0 saturated heterocycles. The molecule has 150 valence electrons. The molecule has 0 aliphatic carbocycles. The summed E-state index contributed by atoms with van der Waals surface area (Å²) in [5.41, 5.74) is 1.90. The van der Waals surface area contributed by atoms with E-state index in [9.17, 15) is 4.79 Å². The molecule has 3 rings (SSSR count). The van der Waals surface area contributed by atoms with Crippen molar-refractivity contribution in [2.24, 2.45) is 0 Å². The van der Waals surface area contributed by atoms with Crippen LogP contribution in [-0.2, 0) is 4.79 Å². The number of hydrogen-bond acceptors (Lipinski definition) is 5. The van der Waals surface area contributed by atoms with Crippen LogP contribution in [0.25, 0.3) is 23.1 Å². The Morgan fingerprint density at radius 3 is 2.62 bits per heavy atom. The van der Waals surface area contributed by atoms with Crippen LogP contribution < -0.4 is 15.4 Å². The second-order valence-corrected chi connectivity index (χ2v) is 7.38. The van der Waals surface area contributed by atoms with E-state index < -0.39 is 0 Å². The highest BCUT2D eigenvalue weighted by Crippen LogP contribution is 2.25. The summed E-state index contributed by atoms with van der Waals surface area (Å²) in [6, 6.07) is 13.7. The van der Waals surface area contributed by atoms with Crippen LogP contribution >= 0.6 is 15.9 Å². The minimum absolute atomic E-state index is 0.0210. The van der Waals surface area contributed by atoms with Gasteiger partial charge in [-0.15, -0.1) is 0 Å². The lowest BCUT2D eigenvalue weighted by atomic mass is 10.2. The summed E-state index contributed by atoms with van der Waals surface area (Å²) in [5.74, 6) is 2.20. The van der Waals surface area contributed by atoms with Gasteiger partial charge in [-0.2, -0.15) is 0 Å². The van der Waals surface area contributed by atoms with Crippen molar-refractivity contribution in [2.75, 3.05) is 25.5 Å². The van der Waals surface area contributed by atoms with Crippen LogP contribution in [0.4, 0.5) is 5.82 Å². The molecule has 1 amide bonds. The van der Waals surface area contributed by atoms with Gasteiger partial charge in [0.1, 0.15) is 11.6 Å². The third-order valence-corrected chi connectivity index (χ3v) is 4.73. The zero-order valence-electron chi connectivity index (χ0n) is 16.4. The minimum atomic E-state index is -0.0210. The number of nitrogens with one attached hydrogen (secondary N) is 2. The predicted octanol–water partition coefficient (Wildman–Crippen LogP) is 4.51. The molecule has 0 radical (unpaired) electrons. The number of methoxy groups -OCH3 is 1. The van der Waals surface area contributed by atoms with E-state index in [1.54, 1.807) is 7.11 Å². The maximum Gasteiger partial charge on any atom is 0.216 e. The van der Waals surface area contributed by atoms with E-state index in [1.165, 1.54) is 6.92 Å². The smallest absolute Gasteiger partial charge is 0.216 e. The maximum atomic E-state index is 11.0. The van der Waals surface area contributed by atoms with Crippen molar-refractivity contribution in [3.05, 3.63) is 58.3 Å². The molecule has 6 nitrogen and oxygen atoms in total. The van der Waals surface area contributed by atoms with Gasteiger partial charge in [-0.1, -0.05) is 34.1 Å². The van der Waals surface area contributed by atoms with E-state index in [0.29, 0.717) is 18.9 Å². The molecule has 1 heterocycles. The van der Waals surface area contributed by atoms with Gasteiger partial charge in [-0.3, -0.25) is 4.79 Å². The van der Waals surface area contributed by atoms with Crippen LogP contribution in [-0.4, -0.2) is 36.1 Å². The lowest BCUT2D eigenvalue weighted by Gasteiger charge is -2.10. The van der Waals surface area contributed by atoms with Crippen LogP contribution in [0.15, 0.2) is 46.9 Å². The SMILES string of the molecule is COc1ccc(C=Cc2nc(NCCCNC(C)=O)c3cc(Br)ccc3n2)cc1. The van der Waals surface area contributed by atoms with Gasteiger partial charge in [0.2, 0.25) is 5.91 Å². The molecule has 0 aliphatic heterocycles. The van der Waals surface area contributed by atoms with Gasteiger partial charge in [-0.25, -0.2) is 9.97 Å². The van der Waals surface area contributed by atoms with E-state index >= 15 is 0 Å². The molecule has 1 aromatic heterocycles. The molecular formula is C22H23BrN4O2. The average Bonchev–Trinajstić information content (AvgIpc) is 2.72. The zero-order chi connectivity index (χ0) is 20.6. The lowest BCUT2D eigenvalue weighted by molar-refractivity contribution is -0.118. The lowest BCUT2D eigenvalue weighted by Crippen LogP contribution is -2.22. The van der Waals surface area contributed by atoms with Crippen molar-refractivity contribution >= 4 is 50.7 Å². The average molecular weight is 455 g/mol. The molecule has 0 aliphatic rings. The monoisotopic (exact) mass is 454 g/mol. The number of fused-ring (bicyclic) bond motifs is 1. The Labute approximate surface area is 178 Å². The molecular weight excluding hydrogens is 432 g/mol. The first-order chi connectivity index (χ1) is 14.0. The molecule has 29 heavy (non-hydrogen) atoms. The number of rotatable bonds is 8. The van der Waals surface area contributed by atoms with Gasteiger partial charge < -0.3 is 15.4 Å². The Balaban J connectivity index is 1.80. The van der Waals surface area contributed by atoms with Crippen molar-refractivity contribution in [3.8, 4) is 5.75 Å². The first kappa shape index (κ1) is 20.8. The highest BCUT2D eigenvalue weighted by molar-refractivity contribution is 9.10. The van der Waals surface area contributed by atoms with Gasteiger partial charge in [0, 0.05) is 29.9 Å². The third-order valence-electron chi connectivity index (χ3n) is 4.24. The number of aromatic nitrogens is 2. The molecule has 0 atom stereocenters. The number of carbonyl (C=O) groups is 1. The predicted molar refractivity (Wildman–Crippen MR) is 121 cm³/mol. The van der Waals surface area contributed by atoms with Crippen LogP contribution in [0.5, 0.6) is 5.75 Å². The van der Waals surface area contributed by atoms with Crippen LogP contribution in [0.1, 0.15) is 24.7 Å². The van der Waals surface area contributed by atoms with Crippen molar-refractivity contribution < 1.29 is 9.53 Å². The van der Waals surface area contributed by atoms with E-state index in [-0.39, 0.29) is 5.91 Å². The summed E-state index contributed by atoms with van der Waals surface area (Å²) < 4.78 is 6.16. The Kier molecular flexibility index (Phi) is 7.19. The Bertz CT molecular complexity index is 1020. The topological polar surface area (TPSA) is 76.1 Å². The highest BCUT2D eigenvalue weighted by Gasteiger charge is 2.07. The van der Waals surface area contributed by atoms with Gasteiger partial charge >= 0.3 is 0 Å². The van der Waals surface area contributed by atoms with Gasteiger partial charge in [0.15, 0.2) is 5.82 Å². The Morgan fingerprint density at radius 1 is 1.10 bits per heavy atom. The largest absolute Gasteiger partial charge is 0.497 e. The first-order valence-corrected chi connectivity index (χ1v) is 10.1. The number of hydrogen-bond donors (Lipinski definition) is 2. The second-order valence-electron chi connectivity index (χ2n) is 6.46. The number of anilines is 1.